The summed E-state index contributed by atoms with van der Waals surface area (Å²) in [6.07, 6.45) is 1.19. The van der Waals surface area contributed by atoms with Crippen LogP contribution in [0.4, 0.5) is 5.69 Å². The number of benzene rings is 1. The van der Waals surface area contributed by atoms with Crippen molar-refractivity contribution in [2.75, 3.05) is 5.32 Å². The van der Waals surface area contributed by atoms with Gasteiger partial charge in [0.2, 0.25) is 5.91 Å². The summed E-state index contributed by atoms with van der Waals surface area (Å²) in [5.41, 5.74) is 2.14. The molecule has 1 unspecified atom stereocenters. The molecule has 0 aromatic heterocycles. The number of hydrogen-bond acceptors (Lipinski definition) is 3. The van der Waals surface area contributed by atoms with E-state index in [4.69, 9.17) is 5.11 Å². The van der Waals surface area contributed by atoms with Crippen LogP contribution in [-0.4, -0.2) is 29.1 Å². The molecule has 5 heteroatoms. The van der Waals surface area contributed by atoms with E-state index in [0.717, 1.165) is 11.3 Å². The Morgan fingerprint density at radius 3 is 2.89 bits per heavy atom. The molecule has 0 radical (unpaired) electrons. The third kappa shape index (κ3) is 3.47. The summed E-state index contributed by atoms with van der Waals surface area (Å²) < 4.78 is 0. The van der Waals surface area contributed by atoms with E-state index < -0.39 is 5.97 Å². The summed E-state index contributed by atoms with van der Waals surface area (Å²) in [6, 6.07) is 7.46. The Morgan fingerprint density at radius 2 is 2.21 bits per heavy atom. The highest BCUT2D eigenvalue weighted by Gasteiger charge is 2.26. The fraction of sp³-hybridized carbons (Fsp3) is 0.429. The molecular weight excluding hydrogens is 244 g/mol. The molecule has 0 saturated carbocycles. The zero-order valence-electron chi connectivity index (χ0n) is 10.8. The van der Waals surface area contributed by atoms with Gasteiger partial charge >= 0.3 is 5.97 Å². The predicted octanol–water partition coefficient (Wildman–Crippen LogP) is 1.39. The Labute approximate surface area is 112 Å². The predicted molar refractivity (Wildman–Crippen MR) is 72.0 cm³/mol. The number of nitrogens with one attached hydrogen (secondary N) is 2. The van der Waals surface area contributed by atoms with Crippen molar-refractivity contribution in [1.82, 2.24) is 5.32 Å². The third-order valence-corrected chi connectivity index (χ3v) is 3.27. The molecule has 2 atom stereocenters. The largest absolute Gasteiger partial charge is 0.481 e. The Bertz CT molecular complexity index is 462. The van der Waals surface area contributed by atoms with Gasteiger partial charge in [0, 0.05) is 24.6 Å². The van der Waals surface area contributed by atoms with Gasteiger partial charge in [0.1, 0.15) is 6.04 Å². The van der Waals surface area contributed by atoms with E-state index in [1.165, 1.54) is 0 Å². The van der Waals surface area contributed by atoms with E-state index in [-0.39, 0.29) is 24.4 Å². The quantitative estimate of drug-likeness (QED) is 0.749. The second-order valence-corrected chi connectivity index (χ2v) is 4.90. The van der Waals surface area contributed by atoms with Gasteiger partial charge < -0.3 is 15.7 Å². The van der Waals surface area contributed by atoms with Gasteiger partial charge in [-0.15, -0.1) is 0 Å². The topological polar surface area (TPSA) is 78.4 Å². The van der Waals surface area contributed by atoms with Crippen LogP contribution in [0.1, 0.15) is 25.3 Å². The molecule has 102 valence electrons. The molecule has 1 aromatic rings. The Hall–Kier alpha value is -2.04. The first-order valence-electron chi connectivity index (χ1n) is 6.43. The van der Waals surface area contributed by atoms with Crippen molar-refractivity contribution >= 4 is 17.6 Å². The first kappa shape index (κ1) is 13.4. The van der Waals surface area contributed by atoms with Crippen molar-refractivity contribution in [2.45, 2.75) is 38.3 Å². The molecule has 0 spiro atoms. The van der Waals surface area contributed by atoms with Crippen LogP contribution in [-0.2, 0) is 16.0 Å². The highest BCUT2D eigenvalue weighted by molar-refractivity contribution is 5.87. The number of para-hydroxylation sites is 1. The van der Waals surface area contributed by atoms with Gasteiger partial charge in [0.15, 0.2) is 0 Å². The number of hydrogen-bond donors (Lipinski definition) is 3. The maximum atomic E-state index is 12.0. The molecule has 1 aliphatic rings. The van der Waals surface area contributed by atoms with Gasteiger partial charge in [-0.2, -0.15) is 0 Å². The average molecular weight is 262 g/mol. The van der Waals surface area contributed by atoms with Gasteiger partial charge in [0.05, 0.1) is 0 Å². The molecule has 19 heavy (non-hydrogen) atoms. The van der Waals surface area contributed by atoms with Gasteiger partial charge in [-0.25, -0.2) is 0 Å². The Kier molecular flexibility index (Phi) is 4.04. The number of rotatable bonds is 5. The number of carboxylic acid groups (broad SMARTS) is 1. The Balaban J connectivity index is 1.84. The minimum Gasteiger partial charge on any atom is -0.481 e. The van der Waals surface area contributed by atoms with E-state index in [1.54, 1.807) is 0 Å². The summed E-state index contributed by atoms with van der Waals surface area (Å²) in [5.74, 6) is -0.915. The molecule has 1 amide bonds. The summed E-state index contributed by atoms with van der Waals surface area (Å²) >= 11 is 0. The maximum absolute atomic E-state index is 12.0. The molecule has 0 bridgehead atoms. The molecule has 3 N–H and O–H groups in total. The van der Waals surface area contributed by atoms with E-state index in [0.29, 0.717) is 12.8 Å². The van der Waals surface area contributed by atoms with Crippen LogP contribution in [0.2, 0.25) is 0 Å². The lowest BCUT2D eigenvalue weighted by Gasteiger charge is -2.17. The van der Waals surface area contributed by atoms with Crippen LogP contribution in [0.5, 0.6) is 0 Å². The normalized spacial score (nSPS) is 18.3. The molecule has 0 aliphatic carbocycles. The van der Waals surface area contributed by atoms with Crippen molar-refractivity contribution in [3.05, 3.63) is 29.8 Å². The van der Waals surface area contributed by atoms with E-state index in [2.05, 4.69) is 10.6 Å². The number of anilines is 1. The zero-order valence-corrected chi connectivity index (χ0v) is 10.8. The van der Waals surface area contributed by atoms with Crippen LogP contribution in [0.15, 0.2) is 24.3 Å². The molecule has 5 nitrogen and oxygen atoms in total. The van der Waals surface area contributed by atoms with Crippen LogP contribution >= 0.6 is 0 Å². The van der Waals surface area contributed by atoms with E-state index >= 15 is 0 Å². The number of carboxylic acids is 1. The molecule has 0 fully saturated rings. The summed E-state index contributed by atoms with van der Waals surface area (Å²) in [5, 5.41) is 14.6. The number of carbonyl (C=O) groups is 2. The van der Waals surface area contributed by atoms with Crippen molar-refractivity contribution < 1.29 is 14.7 Å². The average Bonchev–Trinajstić information content (AvgIpc) is 2.80. The standard InChI is InChI=1S/C14H18N2O3/c1-9(6-7-13(17)18)15-14(19)12-8-10-4-2-3-5-11(10)16-12/h2-5,9,12,16H,6-8H2,1H3,(H,15,19)(H,17,18)/t9?,12-/m0/s1. The van der Waals surface area contributed by atoms with Crippen molar-refractivity contribution in [3.8, 4) is 0 Å². The lowest BCUT2D eigenvalue weighted by atomic mass is 10.1. The zero-order chi connectivity index (χ0) is 13.8. The summed E-state index contributed by atoms with van der Waals surface area (Å²) in [4.78, 5) is 22.5. The first-order chi connectivity index (χ1) is 9.06. The molecular formula is C14H18N2O3. The van der Waals surface area contributed by atoms with Gasteiger partial charge in [-0.1, -0.05) is 18.2 Å². The SMILES string of the molecule is CC(CCC(=O)O)NC(=O)[C@@H]1Cc2ccccc2N1. The minimum atomic E-state index is -0.840. The number of fused-ring (bicyclic) bond motifs is 1. The number of aliphatic carboxylic acids is 1. The second-order valence-electron chi connectivity index (χ2n) is 4.90. The first-order valence-corrected chi connectivity index (χ1v) is 6.43. The van der Waals surface area contributed by atoms with Crippen molar-refractivity contribution in [1.29, 1.82) is 0 Å². The smallest absolute Gasteiger partial charge is 0.303 e. The van der Waals surface area contributed by atoms with Gasteiger partial charge in [-0.05, 0) is 25.0 Å². The van der Waals surface area contributed by atoms with Crippen molar-refractivity contribution in [3.63, 3.8) is 0 Å². The van der Waals surface area contributed by atoms with Crippen LogP contribution < -0.4 is 10.6 Å². The molecule has 0 saturated heterocycles. The molecule has 2 rings (SSSR count). The third-order valence-electron chi connectivity index (χ3n) is 3.27. The monoisotopic (exact) mass is 262 g/mol. The maximum Gasteiger partial charge on any atom is 0.303 e. The lowest BCUT2D eigenvalue weighted by Crippen LogP contribution is -2.42. The summed E-state index contributed by atoms with van der Waals surface area (Å²) in [6.45, 7) is 1.82. The van der Waals surface area contributed by atoms with Crippen LogP contribution in [0.3, 0.4) is 0 Å². The lowest BCUT2D eigenvalue weighted by molar-refractivity contribution is -0.137. The highest BCUT2D eigenvalue weighted by Crippen LogP contribution is 2.25. The summed E-state index contributed by atoms with van der Waals surface area (Å²) in [7, 11) is 0. The molecule has 1 aromatic carbocycles. The highest BCUT2D eigenvalue weighted by atomic mass is 16.4. The second kappa shape index (κ2) is 5.73. The fourth-order valence-electron chi connectivity index (χ4n) is 2.21. The van der Waals surface area contributed by atoms with Crippen LogP contribution in [0, 0.1) is 0 Å². The molecule has 1 heterocycles. The van der Waals surface area contributed by atoms with Gasteiger partial charge in [-0.3, -0.25) is 9.59 Å². The number of amides is 1. The van der Waals surface area contributed by atoms with Crippen LogP contribution in [0.25, 0.3) is 0 Å². The van der Waals surface area contributed by atoms with E-state index in [9.17, 15) is 9.59 Å². The number of carbonyl (C=O) groups excluding carboxylic acids is 1. The fourth-order valence-corrected chi connectivity index (χ4v) is 2.21. The molecule has 1 aliphatic heterocycles. The Morgan fingerprint density at radius 1 is 1.47 bits per heavy atom. The van der Waals surface area contributed by atoms with Gasteiger partial charge in [0.25, 0.3) is 0 Å². The van der Waals surface area contributed by atoms with E-state index in [1.807, 2.05) is 31.2 Å². The minimum absolute atomic E-state index is 0.0692. The van der Waals surface area contributed by atoms with Crippen molar-refractivity contribution in [2.24, 2.45) is 0 Å².